The number of hydrogen-bond donors (Lipinski definition) is 2. The van der Waals surface area contributed by atoms with Crippen LogP contribution in [0.15, 0.2) is 64.5 Å². The maximum absolute atomic E-state index is 8.75. The maximum atomic E-state index is 8.75. The molecule has 0 radical (unpaired) electrons. The first kappa shape index (κ1) is 24.5. The van der Waals surface area contributed by atoms with Gasteiger partial charge in [-0.3, -0.25) is 0 Å². The lowest BCUT2D eigenvalue weighted by molar-refractivity contribution is 0.582. The smallest absolute Gasteiger partial charge is 0.174 e. The summed E-state index contributed by atoms with van der Waals surface area (Å²) in [6, 6.07) is 9.53. The van der Waals surface area contributed by atoms with Crippen molar-refractivity contribution in [1.82, 2.24) is 15.1 Å². The van der Waals surface area contributed by atoms with Crippen LogP contribution in [0.1, 0.15) is 36.9 Å². The van der Waals surface area contributed by atoms with E-state index in [4.69, 9.17) is 22.1 Å². The van der Waals surface area contributed by atoms with Crippen molar-refractivity contribution in [2.45, 2.75) is 39.3 Å². The number of rotatable bonds is 10. The topological polar surface area (TPSA) is 81.7 Å². The van der Waals surface area contributed by atoms with Gasteiger partial charge < -0.3 is 15.6 Å². The van der Waals surface area contributed by atoms with Gasteiger partial charge in [-0.1, -0.05) is 36.4 Å². The number of aryl methyl sites for hydroxylation is 2. The van der Waals surface area contributed by atoms with E-state index in [0.29, 0.717) is 28.7 Å². The molecule has 174 valence electrons. The van der Waals surface area contributed by atoms with E-state index in [1.807, 2.05) is 63.0 Å². The first-order valence-corrected chi connectivity index (χ1v) is 11.4. The van der Waals surface area contributed by atoms with Gasteiger partial charge in [-0.25, -0.2) is 4.68 Å². The Morgan fingerprint density at radius 1 is 1.39 bits per heavy atom. The molecule has 3 rings (SSSR count). The Morgan fingerprint density at radius 3 is 2.58 bits per heavy atom. The highest BCUT2D eigenvalue weighted by Gasteiger charge is 2.32. The zero-order valence-corrected chi connectivity index (χ0v) is 20.5. The second-order valence-electron chi connectivity index (χ2n) is 8.10. The van der Waals surface area contributed by atoms with Gasteiger partial charge in [0, 0.05) is 55.3 Å². The van der Waals surface area contributed by atoms with Crippen LogP contribution in [0.2, 0.25) is 5.02 Å². The third-order valence-electron chi connectivity index (χ3n) is 5.88. The molecule has 0 saturated heterocycles. The first-order chi connectivity index (χ1) is 15.9. The largest absolute Gasteiger partial charge is 0.389 e. The standard InChI is InChI=1S/C25H32ClN7/c1-7-20(22(27)17-9-10-17)23(28-4)24(18-11-13-19(26)14-12-18)32(6)21-15-16(3)25(30-29-5)33(8-2)31-21/h7,11-15,17,24,27-28H,1,5,8-10H2,2-4,6H3/b23-20-,27-22?,30-25-. The third kappa shape index (κ3) is 5.25. The van der Waals surface area contributed by atoms with Gasteiger partial charge in [0.15, 0.2) is 5.49 Å². The normalized spacial score (nSPS) is 15.5. The molecule has 0 spiro atoms. The molecular formula is C25H32ClN7. The fourth-order valence-corrected chi connectivity index (χ4v) is 4.11. The first-order valence-electron chi connectivity index (χ1n) is 11.1. The molecule has 1 unspecified atom stereocenters. The second kappa shape index (κ2) is 10.6. The van der Waals surface area contributed by atoms with Crippen LogP contribution < -0.4 is 15.7 Å². The van der Waals surface area contributed by atoms with Crippen molar-refractivity contribution in [3.8, 4) is 0 Å². The van der Waals surface area contributed by atoms with Crippen molar-refractivity contribution >= 4 is 29.8 Å². The van der Waals surface area contributed by atoms with Crippen molar-refractivity contribution < 1.29 is 0 Å². The van der Waals surface area contributed by atoms with Gasteiger partial charge in [-0.05, 0) is 56.0 Å². The number of nitrogens with zero attached hydrogens (tertiary/aromatic N) is 5. The Labute approximate surface area is 200 Å². The quantitative estimate of drug-likeness (QED) is 0.304. The summed E-state index contributed by atoms with van der Waals surface area (Å²) in [7, 11) is 3.89. The van der Waals surface area contributed by atoms with E-state index < -0.39 is 0 Å². The summed E-state index contributed by atoms with van der Waals surface area (Å²) in [4.78, 5) is 2.10. The summed E-state index contributed by atoms with van der Waals surface area (Å²) in [5.41, 5.74) is 5.00. The van der Waals surface area contributed by atoms with Gasteiger partial charge in [-0.2, -0.15) is 10.2 Å². The highest BCUT2D eigenvalue weighted by molar-refractivity contribution is 6.30. The molecule has 1 aromatic carbocycles. The van der Waals surface area contributed by atoms with Gasteiger partial charge in [0.1, 0.15) is 5.82 Å². The highest BCUT2D eigenvalue weighted by atomic mass is 35.5. The van der Waals surface area contributed by atoms with E-state index in [-0.39, 0.29) is 6.04 Å². The van der Waals surface area contributed by atoms with E-state index in [1.165, 1.54) is 0 Å². The molecule has 1 saturated carbocycles. The lowest BCUT2D eigenvalue weighted by atomic mass is 9.94. The molecule has 33 heavy (non-hydrogen) atoms. The third-order valence-corrected chi connectivity index (χ3v) is 6.13. The Kier molecular flexibility index (Phi) is 7.87. The van der Waals surface area contributed by atoms with E-state index in [0.717, 1.165) is 41.1 Å². The van der Waals surface area contributed by atoms with Gasteiger partial charge >= 0.3 is 0 Å². The summed E-state index contributed by atoms with van der Waals surface area (Å²) in [6.07, 6.45) is 3.88. The lowest BCUT2D eigenvalue weighted by Gasteiger charge is -2.33. The molecule has 8 heteroatoms. The molecule has 1 heterocycles. The fourth-order valence-electron chi connectivity index (χ4n) is 3.99. The van der Waals surface area contributed by atoms with Crippen LogP contribution in [-0.4, -0.2) is 36.3 Å². The van der Waals surface area contributed by atoms with Crippen LogP contribution in [0.3, 0.4) is 0 Å². The number of hydrogen-bond acceptors (Lipinski definition) is 6. The van der Waals surface area contributed by atoms with E-state index >= 15 is 0 Å². The molecule has 1 aliphatic rings. The minimum atomic E-state index is -0.239. The van der Waals surface area contributed by atoms with Crippen molar-refractivity contribution in [2.24, 2.45) is 16.1 Å². The molecule has 1 aromatic heterocycles. The molecule has 0 bridgehead atoms. The number of likely N-dealkylation sites (N-methyl/N-ethyl adjacent to an activating group) is 2. The SMILES string of the molecule is C=C/C(C(=N)C1CC1)=C(/NC)C(c1ccc(Cl)cc1)N(C)c1cc(C)/c(=N/N=C)n(CC)n1. The maximum Gasteiger partial charge on any atom is 0.174 e. The monoisotopic (exact) mass is 465 g/mol. The molecule has 1 atom stereocenters. The number of benzene rings is 1. The van der Waals surface area contributed by atoms with Crippen molar-refractivity contribution in [3.05, 3.63) is 75.9 Å². The zero-order valence-electron chi connectivity index (χ0n) is 19.8. The van der Waals surface area contributed by atoms with Crippen molar-refractivity contribution in [2.75, 3.05) is 19.0 Å². The fraction of sp³-hybridized carbons (Fsp3) is 0.360. The predicted molar refractivity (Wildman–Crippen MR) is 137 cm³/mol. The van der Waals surface area contributed by atoms with Crippen molar-refractivity contribution in [3.63, 3.8) is 0 Å². The van der Waals surface area contributed by atoms with Crippen LogP contribution >= 0.6 is 11.6 Å². The van der Waals surface area contributed by atoms with E-state index in [2.05, 4.69) is 33.7 Å². The summed E-state index contributed by atoms with van der Waals surface area (Å²) < 4.78 is 1.82. The molecule has 1 fully saturated rings. The van der Waals surface area contributed by atoms with E-state index in [9.17, 15) is 0 Å². The van der Waals surface area contributed by atoms with Crippen LogP contribution in [0.5, 0.6) is 0 Å². The number of halogens is 1. The lowest BCUT2D eigenvalue weighted by Crippen LogP contribution is -2.35. The van der Waals surface area contributed by atoms with Crippen LogP contribution in [0, 0.1) is 18.3 Å². The molecule has 2 N–H and O–H groups in total. The van der Waals surface area contributed by atoms with Crippen LogP contribution in [0.4, 0.5) is 5.82 Å². The Balaban J connectivity index is 2.21. The highest BCUT2D eigenvalue weighted by Crippen LogP contribution is 2.37. The molecule has 1 aliphatic carbocycles. The summed E-state index contributed by atoms with van der Waals surface area (Å²) in [5.74, 6) is 1.07. The summed E-state index contributed by atoms with van der Waals surface area (Å²) >= 11 is 6.19. The molecule has 0 aliphatic heterocycles. The minimum absolute atomic E-state index is 0.239. The van der Waals surface area contributed by atoms with Gasteiger partial charge in [-0.15, -0.1) is 5.10 Å². The van der Waals surface area contributed by atoms with Crippen LogP contribution in [-0.2, 0) is 6.54 Å². The molecule has 0 amide bonds. The zero-order chi connectivity index (χ0) is 24.1. The van der Waals surface area contributed by atoms with Crippen molar-refractivity contribution in [1.29, 1.82) is 5.41 Å². The molecule has 2 aromatic rings. The molecule has 7 nitrogen and oxygen atoms in total. The Morgan fingerprint density at radius 2 is 2.06 bits per heavy atom. The number of allylic oxidation sites excluding steroid dienone is 2. The minimum Gasteiger partial charge on any atom is -0.389 e. The summed E-state index contributed by atoms with van der Waals surface area (Å²) in [6.45, 7) is 12.2. The number of anilines is 1. The van der Waals surface area contributed by atoms with Gasteiger partial charge in [0.2, 0.25) is 0 Å². The summed E-state index contributed by atoms with van der Waals surface area (Å²) in [5, 5.41) is 25.5. The van der Waals surface area contributed by atoms with Crippen LogP contribution in [0.25, 0.3) is 0 Å². The second-order valence-corrected chi connectivity index (χ2v) is 8.54. The Hall–Kier alpha value is -3.19. The van der Waals surface area contributed by atoms with Gasteiger partial charge in [0.25, 0.3) is 0 Å². The number of nitrogens with one attached hydrogen (secondary N) is 2. The average Bonchev–Trinajstić information content (AvgIpc) is 3.66. The van der Waals surface area contributed by atoms with Gasteiger partial charge in [0.05, 0.1) is 6.04 Å². The predicted octanol–water partition coefficient (Wildman–Crippen LogP) is 4.65. The molecular weight excluding hydrogens is 434 g/mol. The number of aromatic nitrogens is 2. The average molecular weight is 466 g/mol. The Bertz CT molecular complexity index is 1140. The van der Waals surface area contributed by atoms with E-state index in [1.54, 1.807) is 6.08 Å².